The molecule has 2 aromatic carbocycles. The summed E-state index contributed by atoms with van der Waals surface area (Å²) in [6.07, 6.45) is 5.58. The molecule has 60 heavy (non-hydrogen) atoms. The summed E-state index contributed by atoms with van der Waals surface area (Å²) in [6, 6.07) is 8.04. The van der Waals surface area contributed by atoms with Crippen molar-refractivity contribution in [2.24, 2.45) is 11.3 Å². The van der Waals surface area contributed by atoms with Crippen LogP contribution in [0.1, 0.15) is 68.8 Å². The van der Waals surface area contributed by atoms with E-state index in [1.54, 1.807) is 19.2 Å². The first kappa shape index (κ1) is 39.5. The molecule has 3 aromatic rings. The first-order chi connectivity index (χ1) is 28.7. The molecule has 10 rings (SSSR count). The number of hydrogen-bond acceptors (Lipinski definition) is 13. The second kappa shape index (κ2) is 13.2. The third-order valence-electron chi connectivity index (χ3n) is 16.1. The van der Waals surface area contributed by atoms with Gasteiger partial charge in [0.25, 0.3) is 0 Å². The molecule has 7 heterocycles. The number of benzene rings is 2. The van der Waals surface area contributed by atoms with Gasteiger partial charge in [-0.3, -0.25) is 19.4 Å². The number of piperidine rings is 1. The van der Waals surface area contributed by atoms with Crippen LogP contribution in [0, 0.1) is 11.3 Å². The van der Waals surface area contributed by atoms with Crippen molar-refractivity contribution in [3.63, 3.8) is 0 Å². The van der Waals surface area contributed by atoms with Crippen LogP contribution >= 0.6 is 0 Å². The lowest BCUT2D eigenvalue weighted by molar-refractivity contribution is -0.228. The van der Waals surface area contributed by atoms with Gasteiger partial charge in [0.15, 0.2) is 6.10 Å². The van der Waals surface area contributed by atoms with Crippen molar-refractivity contribution in [2.45, 2.75) is 99.2 Å². The molecule has 320 valence electrons. The zero-order valence-electron chi connectivity index (χ0n) is 35.5. The number of hydrogen-bond donors (Lipinski definition) is 3. The normalized spacial score (nSPS) is 38.3. The van der Waals surface area contributed by atoms with E-state index in [0.717, 1.165) is 53.8 Å². The fraction of sp³-hybridized carbons (Fsp3) is 0.587. The number of aromatic amines is 1. The van der Waals surface area contributed by atoms with Gasteiger partial charge in [-0.2, -0.15) is 0 Å². The number of H-pyrrole nitrogens is 1. The summed E-state index contributed by atoms with van der Waals surface area (Å²) in [4.78, 5) is 53.3. The maximum Gasteiger partial charge on any atom is 0.344 e. The molecule has 1 aliphatic carbocycles. The average molecular weight is 825 g/mol. The smallest absolute Gasteiger partial charge is 0.344 e. The average Bonchev–Trinajstić information content (AvgIpc) is 3.55. The van der Waals surface area contributed by atoms with Crippen LogP contribution in [0.2, 0.25) is 0 Å². The van der Waals surface area contributed by atoms with Crippen LogP contribution in [0.4, 0.5) is 5.69 Å². The summed E-state index contributed by atoms with van der Waals surface area (Å²) in [7, 11) is 6.13. The van der Waals surface area contributed by atoms with Gasteiger partial charge >= 0.3 is 17.9 Å². The van der Waals surface area contributed by atoms with Crippen molar-refractivity contribution in [3.05, 3.63) is 64.9 Å². The number of fused-ring (bicyclic) bond motifs is 8. The number of aliphatic hydroxyl groups is 1. The molecule has 1 spiro atoms. The summed E-state index contributed by atoms with van der Waals surface area (Å²) in [6.45, 7) is 9.04. The summed E-state index contributed by atoms with van der Waals surface area (Å²) in [5.74, 6) is -1.43. The second-order valence-corrected chi connectivity index (χ2v) is 18.5. The lowest BCUT2D eigenvalue weighted by atomic mass is 9.47. The molecule has 2 bridgehead atoms. The molecule has 3 N–H and O–H groups in total. The molecule has 14 nitrogen and oxygen atoms in total. The fourth-order valence-corrected chi connectivity index (χ4v) is 13.9. The van der Waals surface area contributed by atoms with Crippen LogP contribution < -0.4 is 9.64 Å². The van der Waals surface area contributed by atoms with E-state index in [1.807, 2.05) is 37.1 Å². The lowest BCUT2D eigenvalue weighted by Crippen LogP contribution is -2.81. The van der Waals surface area contributed by atoms with Crippen molar-refractivity contribution in [1.29, 1.82) is 0 Å². The number of anilines is 1. The van der Waals surface area contributed by atoms with Crippen LogP contribution in [0.25, 0.3) is 10.9 Å². The van der Waals surface area contributed by atoms with E-state index in [2.05, 4.69) is 33.8 Å². The Morgan fingerprint density at radius 1 is 1.00 bits per heavy atom. The van der Waals surface area contributed by atoms with E-state index < -0.39 is 51.9 Å². The standard InChI is InChI=1S/C46H56N4O10/c1-8-42-14-10-16-50-18-15-44(37(42)50)30-20-31(34(56-5)21-33(30)48(4)38(44)46(55,41(54)58-7)39(42)59-25(3)51)45(40(53)57-6)22-26-23-49(24-43(9-2)36(26)60-43)17-13-28-29-19-27(52)11-12-32(29)47-35(28)45/h10-12,14,19-21,26,36-39,47,52,55H,8-9,13,15-18,22-24H2,1-7H3/t26-,36-,37+,38-,39-,42-,43+,44-,45+,46+/m1/s1. The maximum atomic E-state index is 15.4. The minimum absolute atomic E-state index is 0.0542. The number of nitrogens with zero attached hydrogens (tertiary/aromatic N) is 3. The molecular formula is C46H56N4O10. The number of ether oxygens (including phenoxy) is 5. The second-order valence-electron chi connectivity index (χ2n) is 18.5. The third-order valence-corrected chi connectivity index (χ3v) is 16.1. The SMILES string of the molecule is CC[C@]12CN3CCc4c([nH]c5ccc(O)cc45)[C@@](C(=O)OC)(c4cc5c(cc4OC)N(C)[C@H]4[C@@](O)(C(=O)OC)[C@H](OC(C)=O)[C@]6(CC)C=CCN7CC[C@]54[C@@H]76)C[C@H](C3)[C@H]1O2. The molecule has 1 unspecified atom stereocenters. The Morgan fingerprint density at radius 3 is 2.48 bits per heavy atom. The summed E-state index contributed by atoms with van der Waals surface area (Å²) in [5.41, 5.74) is -1.39. The lowest BCUT2D eigenvalue weighted by Gasteiger charge is -2.63. The predicted molar refractivity (Wildman–Crippen MR) is 220 cm³/mol. The number of phenols is 1. The van der Waals surface area contributed by atoms with Crippen molar-refractivity contribution in [2.75, 3.05) is 66.0 Å². The number of carbonyl (C=O) groups excluding carboxylic acids is 3. The van der Waals surface area contributed by atoms with E-state index in [-0.39, 0.29) is 29.4 Å². The van der Waals surface area contributed by atoms with Gasteiger partial charge in [-0.25, -0.2) is 4.79 Å². The highest BCUT2D eigenvalue weighted by Gasteiger charge is 2.80. The topological polar surface area (TPSA) is 167 Å². The number of carbonyl (C=O) groups is 3. The molecule has 1 saturated carbocycles. The van der Waals surface area contributed by atoms with E-state index in [0.29, 0.717) is 55.8 Å². The number of epoxide rings is 1. The van der Waals surface area contributed by atoms with Crippen LogP contribution in [0.5, 0.6) is 11.5 Å². The molecule has 7 aliphatic rings. The Kier molecular flexibility index (Phi) is 8.68. The molecule has 11 atom stereocenters. The number of aromatic hydroxyl groups is 1. The molecule has 0 radical (unpaired) electrons. The first-order valence-corrected chi connectivity index (χ1v) is 21.4. The van der Waals surface area contributed by atoms with Gasteiger partial charge in [-0.05, 0) is 74.0 Å². The van der Waals surface area contributed by atoms with E-state index >= 15 is 4.79 Å². The number of phenolic OH excluding ortho intramolecular Hbond substituents is 1. The number of rotatable bonds is 7. The number of aromatic nitrogens is 1. The highest BCUT2D eigenvalue weighted by Crippen LogP contribution is 2.68. The van der Waals surface area contributed by atoms with Gasteiger partial charge in [0.05, 0.1) is 33.5 Å². The minimum Gasteiger partial charge on any atom is -0.508 e. The minimum atomic E-state index is -2.31. The van der Waals surface area contributed by atoms with E-state index in [4.69, 9.17) is 23.7 Å². The van der Waals surface area contributed by atoms with E-state index in [9.17, 15) is 19.8 Å². The van der Waals surface area contributed by atoms with Gasteiger partial charge in [0, 0.05) is 96.9 Å². The molecule has 0 amide bonds. The van der Waals surface area contributed by atoms with Crippen LogP contribution in [0.15, 0.2) is 42.5 Å². The van der Waals surface area contributed by atoms with Crippen molar-refractivity contribution >= 4 is 34.5 Å². The number of methoxy groups -OCH3 is 3. The molecule has 14 heteroatoms. The maximum absolute atomic E-state index is 15.4. The third kappa shape index (κ3) is 4.76. The van der Waals surface area contributed by atoms with Crippen molar-refractivity contribution in [3.8, 4) is 11.5 Å². The zero-order chi connectivity index (χ0) is 42.3. The monoisotopic (exact) mass is 824 g/mol. The number of nitrogens with one attached hydrogen (secondary N) is 1. The summed E-state index contributed by atoms with van der Waals surface area (Å²) >= 11 is 0. The first-order valence-electron chi connectivity index (χ1n) is 21.4. The fourth-order valence-electron chi connectivity index (χ4n) is 13.9. The van der Waals surface area contributed by atoms with Crippen molar-refractivity contribution in [1.82, 2.24) is 14.8 Å². The molecular weight excluding hydrogens is 769 g/mol. The van der Waals surface area contributed by atoms with Crippen LogP contribution in [-0.4, -0.2) is 139 Å². The molecule has 4 fully saturated rings. The number of likely N-dealkylation sites (N-methyl/N-ethyl adjacent to an activating group) is 1. The highest BCUT2D eigenvalue weighted by atomic mass is 16.6. The Labute approximate surface area is 349 Å². The van der Waals surface area contributed by atoms with Crippen LogP contribution in [-0.2, 0) is 50.6 Å². The van der Waals surface area contributed by atoms with Crippen molar-refractivity contribution < 1.29 is 48.3 Å². The van der Waals surface area contributed by atoms with E-state index in [1.165, 1.54) is 21.1 Å². The highest BCUT2D eigenvalue weighted by molar-refractivity contribution is 5.95. The largest absolute Gasteiger partial charge is 0.508 e. The Hall–Kier alpha value is -4.63. The summed E-state index contributed by atoms with van der Waals surface area (Å²) < 4.78 is 30.6. The van der Waals surface area contributed by atoms with Crippen LogP contribution in [0.3, 0.4) is 0 Å². The zero-order valence-corrected chi connectivity index (χ0v) is 35.5. The Balaban J connectivity index is 1.28. The van der Waals surface area contributed by atoms with Gasteiger partial charge in [0.2, 0.25) is 5.60 Å². The quantitative estimate of drug-likeness (QED) is 0.137. The number of esters is 3. The molecule has 1 aromatic heterocycles. The molecule has 6 aliphatic heterocycles. The summed E-state index contributed by atoms with van der Waals surface area (Å²) in [5, 5.41) is 25.0. The molecule has 3 saturated heterocycles. The Morgan fingerprint density at radius 2 is 1.78 bits per heavy atom. The predicted octanol–water partition coefficient (Wildman–Crippen LogP) is 3.71. The van der Waals surface area contributed by atoms with Gasteiger partial charge in [-0.1, -0.05) is 26.0 Å². The Bertz CT molecular complexity index is 2360. The van der Waals surface area contributed by atoms with Gasteiger partial charge in [-0.15, -0.1) is 0 Å². The van der Waals surface area contributed by atoms with Gasteiger partial charge in [0.1, 0.15) is 22.5 Å². The van der Waals surface area contributed by atoms with Gasteiger partial charge < -0.3 is 43.8 Å².